The van der Waals surface area contributed by atoms with Gasteiger partial charge >= 0.3 is 0 Å². The summed E-state index contributed by atoms with van der Waals surface area (Å²) in [6.07, 6.45) is 4.50. The third-order valence-electron chi connectivity index (χ3n) is 2.74. The molecule has 4 nitrogen and oxygen atoms in total. The maximum Gasteiger partial charge on any atom is 0.224 e. The Morgan fingerprint density at radius 2 is 2.17 bits per heavy atom. The highest BCUT2D eigenvalue weighted by Gasteiger charge is 2.20. The van der Waals surface area contributed by atoms with Crippen molar-refractivity contribution in [2.24, 2.45) is 11.1 Å². The summed E-state index contributed by atoms with van der Waals surface area (Å²) in [6, 6.07) is 1.78. The van der Waals surface area contributed by atoms with Gasteiger partial charge in [0.2, 0.25) is 5.91 Å². The smallest absolute Gasteiger partial charge is 0.224 e. The lowest BCUT2D eigenvalue weighted by Crippen LogP contribution is -2.35. The summed E-state index contributed by atoms with van der Waals surface area (Å²) in [7, 11) is 1.79. The van der Waals surface area contributed by atoms with E-state index in [1.807, 2.05) is 6.07 Å². The van der Waals surface area contributed by atoms with Crippen LogP contribution in [0.4, 0.5) is 0 Å². The maximum absolute atomic E-state index is 12.0. The second-order valence-corrected chi connectivity index (χ2v) is 6.11. The summed E-state index contributed by atoms with van der Waals surface area (Å²) in [5.41, 5.74) is 7.16. The Bertz CT molecular complexity index is 366. The zero-order valence-electron chi connectivity index (χ0n) is 11.8. The van der Waals surface area contributed by atoms with Crippen molar-refractivity contribution in [3.8, 4) is 0 Å². The zero-order chi connectivity index (χ0) is 13.8. The maximum atomic E-state index is 12.0. The third-order valence-corrected chi connectivity index (χ3v) is 2.74. The molecule has 1 heterocycles. The minimum absolute atomic E-state index is 0.0768. The monoisotopic (exact) mass is 252 g/mol. The topological polar surface area (TPSA) is 59.5 Å². The lowest BCUT2D eigenvalue weighted by molar-refractivity contribution is -0.130. The van der Waals surface area contributed by atoms with Crippen LogP contribution in [0.2, 0.25) is 0 Å². The van der Waals surface area contributed by atoms with Crippen LogP contribution >= 0.6 is 0 Å². The van der Waals surface area contributed by atoms with E-state index < -0.39 is 0 Å². The predicted molar refractivity (Wildman–Crippen MR) is 71.8 cm³/mol. The van der Waals surface area contributed by atoms with E-state index in [1.54, 1.807) is 24.5 Å². The fraction of sp³-hybridized carbons (Fsp3) is 0.643. The first-order chi connectivity index (χ1) is 8.28. The summed E-state index contributed by atoms with van der Waals surface area (Å²) >= 11 is 0. The first kappa shape index (κ1) is 14.8. The van der Waals surface area contributed by atoms with Crippen LogP contribution in [0.1, 0.15) is 39.2 Å². The molecule has 1 rings (SSSR count). The summed E-state index contributed by atoms with van der Waals surface area (Å²) in [5, 5.41) is 0. The number of hydrogen-bond acceptors (Lipinski definition) is 3. The van der Waals surface area contributed by atoms with Gasteiger partial charge in [-0.15, -0.1) is 0 Å². The number of carbonyl (C=O) groups is 1. The minimum atomic E-state index is -0.0794. The van der Waals surface area contributed by atoms with Crippen molar-refractivity contribution in [1.29, 1.82) is 0 Å². The predicted octanol–water partition coefficient (Wildman–Crippen LogP) is 2.39. The van der Waals surface area contributed by atoms with Crippen molar-refractivity contribution < 1.29 is 9.21 Å². The molecule has 1 aromatic rings. The number of carbonyl (C=O) groups excluding carboxylic acids is 1. The molecule has 0 aliphatic rings. The van der Waals surface area contributed by atoms with Gasteiger partial charge in [0.05, 0.1) is 12.5 Å². The van der Waals surface area contributed by atoms with Crippen LogP contribution in [-0.4, -0.2) is 23.9 Å². The van der Waals surface area contributed by atoms with E-state index in [1.165, 1.54) is 0 Å². The van der Waals surface area contributed by atoms with Gasteiger partial charge < -0.3 is 15.1 Å². The molecule has 0 radical (unpaired) electrons. The Kier molecular flexibility index (Phi) is 4.96. The molecule has 0 spiro atoms. The van der Waals surface area contributed by atoms with E-state index >= 15 is 0 Å². The van der Waals surface area contributed by atoms with Crippen molar-refractivity contribution >= 4 is 5.91 Å². The highest BCUT2D eigenvalue weighted by Crippen LogP contribution is 2.21. The Labute approximate surface area is 109 Å². The van der Waals surface area contributed by atoms with Crippen LogP contribution in [-0.2, 0) is 11.3 Å². The van der Waals surface area contributed by atoms with E-state index in [0.29, 0.717) is 13.0 Å². The molecule has 1 amide bonds. The molecule has 0 aliphatic carbocycles. The first-order valence-electron chi connectivity index (χ1n) is 6.28. The lowest BCUT2D eigenvalue weighted by Gasteiger charge is -2.24. The van der Waals surface area contributed by atoms with Crippen LogP contribution in [0, 0.1) is 5.41 Å². The van der Waals surface area contributed by atoms with Gasteiger partial charge in [-0.1, -0.05) is 20.8 Å². The Morgan fingerprint density at radius 3 is 2.67 bits per heavy atom. The number of rotatable bonds is 5. The van der Waals surface area contributed by atoms with E-state index in [0.717, 1.165) is 12.0 Å². The molecule has 0 fully saturated rings. The van der Waals surface area contributed by atoms with Gasteiger partial charge in [0.15, 0.2) is 0 Å². The normalized spacial score (nSPS) is 13.4. The second-order valence-electron chi connectivity index (χ2n) is 6.11. The van der Waals surface area contributed by atoms with Crippen molar-refractivity contribution in [2.75, 3.05) is 7.05 Å². The molecule has 1 atom stereocenters. The average molecular weight is 252 g/mol. The molecule has 1 unspecified atom stereocenters. The van der Waals surface area contributed by atoms with Crippen molar-refractivity contribution in [2.45, 2.75) is 46.2 Å². The summed E-state index contributed by atoms with van der Waals surface area (Å²) in [5.74, 6) is 0.0768. The van der Waals surface area contributed by atoms with Gasteiger partial charge in [0.1, 0.15) is 0 Å². The molecule has 0 aliphatic heterocycles. The van der Waals surface area contributed by atoms with Gasteiger partial charge in [0.25, 0.3) is 0 Å². The second kappa shape index (κ2) is 6.05. The highest BCUT2D eigenvalue weighted by molar-refractivity contribution is 5.76. The lowest BCUT2D eigenvalue weighted by atomic mass is 9.87. The fourth-order valence-corrected chi connectivity index (χ4v) is 1.98. The van der Waals surface area contributed by atoms with Crippen molar-refractivity contribution in [1.82, 2.24) is 4.90 Å². The van der Waals surface area contributed by atoms with Gasteiger partial charge in [-0.3, -0.25) is 4.79 Å². The van der Waals surface area contributed by atoms with Gasteiger partial charge in [0, 0.05) is 31.6 Å². The molecule has 0 saturated carbocycles. The highest BCUT2D eigenvalue weighted by atomic mass is 16.3. The van der Waals surface area contributed by atoms with Gasteiger partial charge in [-0.2, -0.15) is 0 Å². The van der Waals surface area contributed by atoms with Crippen LogP contribution in [0.25, 0.3) is 0 Å². The number of hydrogen-bond donors (Lipinski definition) is 1. The Balaban J connectivity index is 2.40. The zero-order valence-corrected chi connectivity index (χ0v) is 11.8. The molecule has 1 aromatic heterocycles. The molecule has 18 heavy (non-hydrogen) atoms. The number of furan rings is 1. The van der Waals surface area contributed by atoms with E-state index in [4.69, 9.17) is 10.2 Å². The molecule has 0 saturated heterocycles. The summed E-state index contributed by atoms with van der Waals surface area (Å²) < 4.78 is 4.98. The standard InChI is InChI=1S/C14H24N2O2/c1-14(2,3)8-12(15)7-13(17)16(4)9-11-5-6-18-10-11/h5-6,10,12H,7-9,15H2,1-4H3. The first-order valence-corrected chi connectivity index (χ1v) is 6.28. The molecule has 0 bridgehead atoms. The molecule has 2 N–H and O–H groups in total. The number of nitrogens with zero attached hydrogens (tertiary/aromatic N) is 1. The molecule has 4 heteroatoms. The van der Waals surface area contributed by atoms with Crippen LogP contribution in [0.5, 0.6) is 0 Å². The summed E-state index contributed by atoms with van der Waals surface area (Å²) in [6.45, 7) is 6.96. The van der Waals surface area contributed by atoms with Crippen molar-refractivity contribution in [3.05, 3.63) is 24.2 Å². The number of amides is 1. The largest absolute Gasteiger partial charge is 0.472 e. The van der Waals surface area contributed by atoms with E-state index in [9.17, 15) is 4.79 Å². The Morgan fingerprint density at radius 1 is 1.50 bits per heavy atom. The summed E-state index contributed by atoms with van der Waals surface area (Å²) in [4.78, 5) is 13.7. The van der Waals surface area contributed by atoms with E-state index in [2.05, 4.69) is 20.8 Å². The van der Waals surface area contributed by atoms with Gasteiger partial charge in [-0.05, 0) is 17.9 Å². The van der Waals surface area contributed by atoms with Gasteiger partial charge in [-0.25, -0.2) is 0 Å². The quantitative estimate of drug-likeness (QED) is 0.875. The third kappa shape index (κ3) is 5.36. The molecular weight excluding hydrogens is 228 g/mol. The molecule has 0 aromatic carbocycles. The fourth-order valence-electron chi connectivity index (χ4n) is 1.98. The number of nitrogens with two attached hydrogens (primary N) is 1. The van der Waals surface area contributed by atoms with Crippen LogP contribution in [0.3, 0.4) is 0 Å². The van der Waals surface area contributed by atoms with E-state index in [-0.39, 0.29) is 17.4 Å². The van der Waals surface area contributed by atoms with Crippen LogP contribution in [0.15, 0.2) is 23.0 Å². The molecule has 102 valence electrons. The SMILES string of the molecule is CN(Cc1ccoc1)C(=O)CC(N)CC(C)(C)C. The average Bonchev–Trinajstić information content (AvgIpc) is 2.66. The molecular formula is C14H24N2O2. The Hall–Kier alpha value is -1.29. The minimum Gasteiger partial charge on any atom is -0.472 e. The van der Waals surface area contributed by atoms with Crippen LogP contribution < -0.4 is 5.73 Å². The van der Waals surface area contributed by atoms with Crippen molar-refractivity contribution in [3.63, 3.8) is 0 Å².